The molecule has 1 rings (SSSR count). The fourth-order valence-corrected chi connectivity index (χ4v) is 1.63. The second-order valence-corrected chi connectivity index (χ2v) is 3.78. The smallest absolute Gasteiger partial charge is 0.161 e. The number of rotatable bonds is 5. The van der Waals surface area contributed by atoms with Gasteiger partial charge in [-0.05, 0) is 31.8 Å². The van der Waals surface area contributed by atoms with Gasteiger partial charge in [-0.2, -0.15) is 0 Å². The molecule has 16 heavy (non-hydrogen) atoms. The van der Waals surface area contributed by atoms with Crippen LogP contribution in [0.5, 0.6) is 11.5 Å². The van der Waals surface area contributed by atoms with Gasteiger partial charge in [0.15, 0.2) is 11.5 Å². The average molecular weight is 225 g/mol. The van der Waals surface area contributed by atoms with Crippen molar-refractivity contribution in [2.24, 2.45) is 0 Å². The third-order valence-electron chi connectivity index (χ3n) is 2.59. The van der Waals surface area contributed by atoms with Gasteiger partial charge in [0.25, 0.3) is 0 Å². The second-order valence-electron chi connectivity index (χ2n) is 3.78. The van der Waals surface area contributed by atoms with Crippen molar-refractivity contribution in [3.05, 3.63) is 23.8 Å². The van der Waals surface area contributed by atoms with Crippen LogP contribution in [0.2, 0.25) is 0 Å². The molecule has 0 aliphatic carbocycles. The Labute approximate surface area is 96.4 Å². The molecule has 0 aliphatic rings. The number of aliphatic hydroxyl groups excluding tert-OH is 1. The third kappa shape index (κ3) is 2.65. The Kier molecular flexibility index (Phi) is 4.58. The first kappa shape index (κ1) is 12.8. The first-order valence-electron chi connectivity index (χ1n) is 5.13. The van der Waals surface area contributed by atoms with Gasteiger partial charge in [-0.25, -0.2) is 0 Å². The molecule has 0 amide bonds. The Morgan fingerprint density at radius 1 is 1.19 bits per heavy atom. The van der Waals surface area contributed by atoms with E-state index in [0.717, 1.165) is 5.56 Å². The Bertz CT molecular complexity index is 339. The standard InChI is InChI=1S/C12H19NO3/c1-13(2)10(8-14)9-5-6-11(15-3)12(7-9)16-4/h5-7,10,14H,8H2,1-4H3. The lowest BCUT2D eigenvalue weighted by atomic mass is 10.1. The Morgan fingerprint density at radius 3 is 2.25 bits per heavy atom. The van der Waals surface area contributed by atoms with Crippen molar-refractivity contribution in [2.45, 2.75) is 6.04 Å². The first-order chi connectivity index (χ1) is 7.63. The maximum absolute atomic E-state index is 9.33. The minimum Gasteiger partial charge on any atom is -0.493 e. The summed E-state index contributed by atoms with van der Waals surface area (Å²) in [5.74, 6) is 1.38. The molecule has 1 unspecified atom stereocenters. The van der Waals surface area contributed by atoms with Crippen LogP contribution in [0, 0.1) is 0 Å². The molecule has 0 heterocycles. The lowest BCUT2D eigenvalue weighted by molar-refractivity contribution is 0.170. The highest BCUT2D eigenvalue weighted by Gasteiger charge is 2.15. The lowest BCUT2D eigenvalue weighted by Crippen LogP contribution is -2.23. The van der Waals surface area contributed by atoms with Crippen molar-refractivity contribution in [1.82, 2.24) is 4.90 Å². The molecule has 0 saturated carbocycles. The second kappa shape index (κ2) is 5.72. The van der Waals surface area contributed by atoms with Gasteiger partial charge in [0, 0.05) is 0 Å². The van der Waals surface area contributed by atoms with Gasteiger partial charge >= 0.3 is 0 Å². The molecule has 0 aromatic heterocycles. The number of methoxy groups -OCH3 is 2. The van der Waals surface area contributed by atoms with Crippen LogP contribution in [0.1, 0.15) is 11.6 Å². The zero-order valence-electron chi connectivity index (χ0n) is 10.2. The fraction of sp³-hybridized carbons (Fsp3) is 0.500. The maximum Gasteiger partial charge on any atom is 0.161 e. The quantitative estimate of drug-likeness (QED) is 0.820. The van der Waals surface area contributed by atoms with Crippen LogP contribution in [-0.2, 0) is 0 Å². The van der Waals surface area contributed by atoms with Crippen molar-refractivity contribution in [3.63, 3.8) is 0 Å². The predicted molar refractivity (Wildman–Crippen MR) is 63.1 cm³/mol. The highest BCUT2D eigenvalue weighted by molar-refractivity contribution is 5.43. The number of benzene rings is 1. The highest BCUT2D eigenvalue weighted by Crippen LogP contribution is 2.30. The van der Waals surface area contributed by atoms with Crippen molar-refractivity contribution < 1.29 is 14.6 Å². The molecular weight excluding hydrogens is 206 g/mol. The molecule has 1 N–H and O–H groups in total. The molecule has 1 atom stereocenters. The van der Waals surface area contributed by atoms with E-state index in [-0.39, 0.29) is 12.6 Å². The van der Waals surface area contributed by atoms with E-state index in [1.54, 1.807) is 14.2 Å². The monoisotopic (exact) mass is 225 g/mol. The van der Waals surface area contributed by atoms with Crippen molar-refractivity contribution in [2.75, 3.05) is 34.9 Å². The van der Waals surface area contributed by atoms with Gasteiger partial charge in [0.2, 0.25) is 0 Å². The molecule has 4 nitrogen and oxygen atoms in total. The van der Waals surface area contributed by atoms with Crippen LogP contribution < -0.4 is 9.47 Å². The van der Waals surface area contributed by atoms with E-state index < -0.39 is 0 Å². The Morgan fingerprint density at radius 2 is 1.81 bits per heavy atom. The van der Waals surface area contributed by atoms with E-state index in [9.17, 15) is 5.11 Å². The topological polar surface area (TPSA) is 41.9 Å². The molecule has 0 fully saturated rings. The van der Waals surface area contributed by atoms with Crippen molar-refractivity contribution in [3.8, 4) is 11.5 Å². The largest absolute Gasteiger partial charge is 0.493 e. The zero-order valence-corrected chi connectivity index (χ0v) is 10.2. The molecule has 0 saturated heterocycles. The molecular formula is C12H19NO3. The molecule has 1 aromatic carbocycles. The van der Waals surface area contributed by atoms with E-state index in [1.165, 1.54) is 0 Å². The Hall–Kier alpha value is -1.26. The summed E-state index contributed by atoms with van der Waals surface area (Å²) in [6.45, 7) is 0.0719. The number of hydrogen-bond acceptors (Lipinski definition) is 4. The minimum atomic E-state index is -0.0280. The molecule has 4 heteroatoms. The number of nitrogens with zero attached hydrogens (tertiary/aromatic N) is 1. The van der Waals surface area contributed by atoms with Gasteiger partial charge in [-0.15, -0.1) is 0 Å². The third-order valence-corrected chi connectivity index (χ3v) is 2.59. The zero-order chi connectivity index (χ0) is 12.1. The van der Waals surface area contributed by atoms with Gasteiger partial charge in [0.1, 0.15) is 0 Å². The number of likely N-dealkylation sites (N-methyl/N-ethyl adjacent to an activating group) is 1. The number of hydrogen-bond donors (Lipinski definition) is 1. The van der Waals surface area contributed by atoms with E-state index >= 15 is 0 Å². The van der Waals surface area contributed by atoms with Crippen LogP contribution in [0.4, 0.5) is 0 Å². The number of ether oxygens (including phenoxy) is 2. The predicted octanol–water partition coefficient (Wildman–Crippen LogP) is 1.30. The summed E-state index contributed by atoms with van der Waals surface area (Å²) in [6, 6.07) is 5.64. The normalized spacial score (nSPS) is 12.6. The Balaban J connectivity index is 3.06. The lowest BCUT2D eigenvalue weighted by Gasteiger charge is -2.23. The molecule has 0 spiro atoms. The molecule has 0 bridgehead atoms. The summed E-state index contributed by atoms with van der Waals surface area (Å²) in [5, 5.41) is 9.33. The summed E-state index contributed by atoms with van der Waals surface area (Å²) in [5.41, 5.74) is 1.00. The summed E-state index contributed by atoms with van der Waals surface area (Å²) in [4.78, 5) is 1.96. The minimum absolute atomic E-state index is 0.0280. The molecule has 0 aliphatic heterocycles. The van der Waals surface area contributed by atoms with E-state index in [2.05, 4.69) is 0 Å². The van der Waals surface area contributed by atoms with Crippen LogP contribution in [-0.4, -0.2) is 44.9 Å². The van der Waals surface area contributed by atoms with Crippen LogP contribution in [0.3, 0.4) is 0 Å². The fourth-order valence-electron chi connectivity index (χ4n) is 1.63. The van der Waals surface area contributed by atoms with Gasteiger partial charge in [-0.1, -0.05) is 6.07 Å². The van der Waals surface area contributed by atoms with Gasteiger partial charge in [0.05, 0.1) is 26.9 Å². The van der Waals surface area contributed by atoms with Crippen molar-refractivity contribution >= 4 is 0 Å². The van der Waals surface area contributed by atoms with E-state index in [4.69, 9.17) is 9.47 Å². The number of aliphatic hydroxyl groups is 1. The van der Waals surface area contributed by atoms with Gasteiger partial charge < -0.3 is 19.5 Å². The molecule has 0 radical (unpaired) electrons. The van der Waals surface area contributed by atoms with Crippen LogP contribution in [0.15, 0.2) is 18.2 Å². The maximum atomic E-state index is 9.33. The van der Waals surface area contributed by atoms with Crippen LogP contribution >= 0.6 is 0 Å². The summed E-state index contributed by atoms with van der Waals surface area (Å²) < 4.78 is 10.4. The molecule has 90 valence electrons. The average Bonchev–Trinajstić information content (AvgIpc) is 2.29. The molecule has 1 aromatic rings. The highest BCUT2D eigenvalue weighted by atomic mass is 16.5. The SMILES string of the molecule is COc1ccc(C(CO)N(C)C)cc1OC. The first-order valence-corrected chi connectivity index (χ1v) is 5.13. The van der Waals surface area contributed by atoms with Crippen molar-refractivity contribution in [1.29, 1.82) is 0 Å². The summed E-state index contributed by atoms with van der Waals surface area (Å²) >= 11 is 0. The van der Waals surface area contributed by atoms with E-state index in [1.807, 2.05) is 37.2 Å². The van der Waals surface area contributed by atoms with E-state index in [0.29, 0.717) is 11.5 Å². The van der Waals surface area contributed by atoms with Gasteiger partial charge in [-0.3, -0.25) is 0 Å². The summed E-state index contributed by atoms with van der Waals surface area (Å²) in [7, 11) is 7.06. The van der Waals surface area contributed by atoms with Crippen LogP contribution in [0.25, 0.3) is 0 Å². The summed E-state index contributed by atoms with van der Waals surface area (Å²) in [6.07, 6.45) is 0.